The molecule has 0 radical (unpaired) electrons. The molecule has 1 heterocycles. The van der Waals surface area contributed by atoms with Crippen LogP contribution in [0, 0.1) is 0 Å². The summed E-state index contributed by atoms with van der Waals surface area (Å²) in [4.78, 5) is 11.8. The molecular weight excluding hydrogens is 338 g/mol. The lowest BCUT2D eigenvalue weighted by Gasteiger charge is -2.41. The Hall–Kier alpha value is -2.09. The van der Waals surface area contributed by atoms with E-state index in [0.717, 1.165) is 0 Å². The summed E-state index contributed by atoms with van der Waals surface area (Å²) in [7, 11) is 0. The highest BCUT2D eigenvalue weighted by atomic mass is 16.6. The molecule has 0 saturated carbocycles. The second-order valence-corrected chi connectivity index (χ2v) is 6.46. The molecule has 1 unspecified atom stereocenters. The van der Waals surface area contributed by atoms with Gasteiger partial charge in [-0.25, -0.2) is 0 Å². The first-order valence-corrected chi connectivity index (χ1v) is 8.76. The summed E-state index contributed by atoms with van der Waals surface area (Å²) < 4.78 is 11.3. The van der Waals surface area contributed by atoms with Gasteiger partial charge in [-0.3, -0.25) is 4.79 Å². The van der Waals surface area contributed by atoms with Gasteiger partial charge in [-0.15, -0.1) is 0 Å². The SMILES string of the molecule is C=C(OC[C@H]1OC(C)[C@H](NC(=O)CCC)[C@@H](O)[C@@H]1O)c1ccccc1O. The number of aliphatic hydroxyl groups is 2. The van der Waals surface area contributed by atoms with E-state index in [2.05, 4.69) is 11.9 Å². The van der Waals surface area contributed by atoms with E-state index in [0.29, 0.717) is 18.4 Å². The molecule has 1 aromatic rings. The molecule has 0 spiro atoms. The van der Waals surface area contributed by atoms with Crippen LogP contribution in [0.2, 0.25) is 0 Å². The smallest absolute Gasteiger partial charge is 0.220 e. The van der Waals surface area contributed by atoms with Crippen LogP contribution in [-0.2, 0) is 14.3 Å². The first-order valence-electron chi connectivity index (χ1n) is 8.76. The van der Waals surface area contributed by atoms with Crippen LogP contribution in [0.25, 0.3) is 5.76 Å². The van der Waals surface area contributed by atoms with Gasteiger partial charge in [0.25, 0.3) is 0 Å². The summed E-state index contributed by atoms with van der Waals surface area (Å²) in [5.41, 5.74) is 0.441. The van der Waals surface area contributed by atoms with E-state index in [1.807, 2.05) is 6.92 Å². The van der Waals surface area contributed by atoms with E-state index in [1.54, 1.807) is 25.1 Å². The topological polar surface area (TPSA) is 108 Å². The number of hydrogen-bond acceptors (Lipinski definition) is 6. The number of rotatable bonds is 7. The maximum atomic E-state index is 11.8. The number of ether oxygens (including phenoxy) is 2. The van der Waals surface area contributed by atoms with Crippen molar-refractivity contribution in [2.24, 2.45) is 0 Å². The van der Waals surface area contributed by atoms with Crippen molar-refractivity contribution >= 4 is 11.7 Å². The Morgan fingerprint density at radius 1 is 1.31 bits per heavy atom. The number of benzene rings is 1. The highest BCUT2D eigenvalue weighted by Crippen LogP contribution is 2.26. The lowest BCUT2D eigenvalue weighted by atomic mass is 9.93. The van der Waals surface area contributed by atoms with Gasteiger partial charge in [0.2, 0.25) is 5.91 Å². The molecule has 0 bridgehead atoms. The van der Waals surface area contributed by atoms with Crippen molar-refractivity contribution in [3.05, 3.63) is 36.4 Å². The number of carbonyl (C=O) groups excluding carboxylic acids is 1. The minimum absolute atomic E-state index is 0.0368. The van der Waals surface area contributed by atoms with Gasteiger partial charge in [-0.05, 0) is 25.5 Å². The summed E-state index contributed by atoms with van der Waals surface area (Å²) in [5, 5.41) is 33.2. The van der Waals surface area contributed by atoms with Crippen LogP contribution in [0.15, 0.2) is 30.8 Å². The molecular formula is C19H27NO6. The molecule has 144 valence electrons. The molecule has 1 aromatic carbocycles. The van der Waals surface area contributed by atoms with Crippen LogP contribution in [-0.4, -0.2) is 58.3 Å². The number of phenolic OH excluding ortho intramolecular Hbond substituents is 1. The maximum absolute atomic E-state index is 11.8. The minimum atomic E-state index is -1.23. The first kappa shape index (κ1) is 20.2. The van der Waals surface area contributed by atoms with Gasteiger partial charge in [-0.1, -0.05) is 25.6 Å². The molecule has 0 aromatic heterocycles. The van der Waals surface area contributed by atoms with E-state index in [4.69, 9.17) is 9.47 Å². The second kappa shape index (κ2) is 9.02. The Balaban J connectivity index is 1.95. The molecule has 7 heteroatoms. The highest BCUT2D eigenvalue weighted by Gasteiger charge is 2.43. The van der Waals surface area contributed by atoms with Crippen LogP contribution < -0.4 is 5.32 Å². The Morgan fingerprint density at radius 3 is 2.65 bits per heavy atom. The summed E-state index contributed by atoms with van der Waals surface area (Å²) in [5.74, 6) is 0.0796. The summed E-state index contributed by atoms with van der Waals surface area (Å²) >= 11 is 0. The number of para-hydroxylation sites is 1. The number of amides is 1. The van der Waals surface area contributed by atoms with Gasteiger partial charge in [0.15, 0.2) is 0 Å². The average molecular weight is 365 g/mol. The number of aliphatic hydroxyl groups excluding tert-OH is 2. The fourth-order valence-electron chi connectivity index (χ4n) is 2.95. The standard InChI is InChI=1S/C19H27NO6/c1-4-7-16(22)20-17-12(3)26-15(18(23)19(17)24)10-25-11(2)13-8-5-6-9-14(13)21/h5-6,8-9,12,15,17-19,21,23-24H,2,4,7,10H2,1,3H3,(H,20,22)/t12?,15-,17+,18-,19-/m1/s1. The van der Waals surface area contributed by atoms with E-state index in [1.165, 1.54) is 6.07 Å². The largest absolute Gasteiger partial charge is 0.507 e. The Morgan fingerprint density at radius 2 is 2.00 bits per heavy atom. The normalized spacial score (nSPS) is 28.4. The van der Waals surface area contributed by atoms with Gasteiger partial charge in [0.1, 0.15) is 36.4 Å². The van der Waals surface area contributed by atoms with Crippen molar-refractivity contribution in [2.45, 2.75) is 57.1 Å². The Kier molecular flexibility index (Phi) is 7.02. The van der Waals surface area contributed by atoms with Crippen molar-refractivity contribution in [3.63, 3.8) is 0 Å². The van der Waals surface area contributed by atoms with Crippen LogP contribution in [0.3, 0.4) is 0 Å². The molecule has 5 atom stereocenters. The molecule has 26 heavy (non-hydrogen) atoms. The fraction of sp³-hybridized carbons (Fsp3) is 0.526. The van der Waals surface area contributed by atoms with Crippen LogP contribution in [0.4, 0.5) is 0 Å². The van der Waals surface area contributed by atoms with Crippen molar-refractivity contribution in [1.29, 1.82) is 0 Å². The van der Waals surface area contributed by atoms with Crippen LogP contribution in [0.5, 0.6) is 5.75 Å². The first-order chi connectivity index (χ1) is 12.3. The predicted octanol–water partition coefficient (Wildman–Crippen LogP) is 1.17. The number of hydrogen-bond donors (Lipinski definition) is 4. The van der Waals surface area contributed by atoms with Gasteiger partial charge < -0.3 is 30.1 Å². The molecule has 0 aliphatic carbocycles. The third-order valence-electron chi connectivity index (χ3n) is 4.42. The number of nitrogens with one attached hydrogen (secondary N) is 1. The summed E-state index contributed by atoms with van der Waals surface area (Å²) in [6, 6.07) is 5.91. The van der Waals surface area contributed by atoms with Gasteiger partial charge in [0.05, 0.1) is 17.7 Å². The molecule has 1 amide bonds. The van der Waals surface area contributed by atoms with E-state index in [-0.39, 0.29) is 24.0 Å². The van der Waals surface area contributed by atoms with Crippen molar-refractivity contribution in [2.75, 3.05) is 6.61 Å². The van der Waals surface area contributed by atoms with Crippen molar-refractivity contribution in [3.8, 4) is 5.75 Å². The average Bonchev–Trinajstić information content (AvgIpc) is 2.61. The van der Waals surface area contributed by atoms with Crippen LogP contribution >= 0.6 is 0 Å². The lowest BCUT2D eigenvalue weighted by Crippen LogP contribution is -2.63. The van der Waals surface area contributed by atoms with Crippen molar-refractivity contribution < 1.29 is 29.6 Å². The maximum Gasteiger partial charge on any atom is 0.220 e. The Bertz CT molecular complexity index is 634. The third kappa shape index (κ3) is 4.75. The van der Waals surface area contributed by atoms with Crippen molar-refractivity contribution in [1.82, 2.24) is 5.32 Å². The monoisotopic (exact) mass is 365 g/mol. The molecule has 7 nitrogen and oxygen atoms in total. The number of aromatic hydroxyl groups is 1. The number of phenols is 1. The summed E-state index contributed by atoms with van der Waals surface area (Å²) in [6.07, 6.45) is -2.65. The number of carbonyl (C=O) groups is 1. The molecule has 2 rings (SSSR count). The lowest BCUT2D eigenvalue weighted by molar-refractivity contribution is -0.190. The minimum Gasteiger partial charge on any atom is -0.507 e. The summed E-state index contributed by atoms with van der Waals surface area (Å²) in [6.45, 7) is 7.32. The molecule has 1 saturated heterocycles. The highest BCUT2D eigenvalue weighted by molar-refractivity contribution is 5.76. The van der Waals surface area contributed by atoms with Gasteiger partial charge in [0, 0.05) is 6.42 Å². The third-order valence-corrected chi connectivity index (χ3v) is 4.42. The fourth-order valence-corrected chi connectivity index (χ4v) is 2.95. The van der Waals surface area contributed by atoms with E-state index >= 15 is 0 Å². The van der Waals surface area contributed by atoms with Gasteiger partial charge >= 0.3 is 0 Å². The van der Waals surface area contributed by atoms with E-state index < -0.39 is 30.5 Å². The predicted molar refractivity (Wildman–Crippen MR) is 96.3 cm³/mol. The zero-order valence-corrected chi connectivity index (χ0v) is 15.1. The van der Waals surface area contributed by atoms with Gasteiger partial charge in [-0.2, -0.15) is 0 Å². The zero-order valence-electron chi connectivity index (χ0n) is 15.1. The zero-order chi connectivity index (χ0) is 19.3. The Labute approximate surface area is 153 Å². The van der Waals surface area contributed by atoms with E-state index in [9.17, 15) is 20.1 Å². The molecule has 1 aliphatic heterocycles. The molecule has 4 N–H and O–H groups in total. The quantitative estimate of drug-likeness (QED) is 0.540. The van der Waals surface area contributed by atoms with Crippen LogP contribution in [0.1, 0.15) is 32.3 Å². The molecule has 1 fully saturated rings. The molecule has 1 aliphatic rings. The second-order valence-electron chi connectivity index (χ2n) is 6.46.